The first-order valence-electron chi connectivity index (χ1n) is 13.8. The molecule has 0 saturated heterocycles. The van der Waals surface area contributed by atoms with Crippen molar-refractivity contribution in [3.63, 3.8) is 0 Å². The molecule has 0 aromatic rings. The largest absolute Gasteiger partial charge is 0.413 e. The van der Waals surface area contributed by atoms with Gasteiger partial charge in [-0.15, -0.1) is 0 Å². The Labute approximate surface area is 214 Å². The van der Waals surface area contributed by atoms with E-state index < -0.39 is 16.6 Å². The summed E-state index contributed by atoms with van der Waals surface area (Å²) in [6, 6.07) is 0. The van der Waals surface area contributed by atoms with E-state index in [2.05, 4.69) is 93.4 Å². The third-order valence-corrected chi connectivity index (χ3v) is 18.5. The van der Waals surface area contributed by atoms with E-state index in [1.807, 2.05) is 0 Å². The zero-order chi connectivity index (χ0) is 26.1. The highest BCUT2D eigenvalue weighted by molar-refractivity contribution is 6.74. The Morgan fingerprint density at radius 2 is 1.59 bits per heavy atom. The molecular weight excluding hydrogens is 452 g/mol. The van der Waals surface area contributed by atoms with Gasteiger partial charge < -0.3 is 14.0 Å². The number of aliphatic hydroxyl groups is 1. The molecule has 0 aromatic carbocycles. The van der Waals surface area contributed by atoms with Crippen molar-refractivity contribution >= 4 is 16.6 Å². The molecule has 2 fully saturated rings. The summed E-state index contributed by atoms with van der Waals surface area (Å²) in [6.45, 7) is 29.8. The lowest BCUT2D eigenvalue weighted by Gasteiger charge is -2.40. The predicted octanol–water partition coefficient (Wildman–Crippen LogP) is 8.48. The Morgan fingerprint density at radius 1 is 1.00 bits per heavy atom. The molecule has 5 heteroatoms. The average molecular weight is 509 g/mol. The fourth-order valence-corrected chi connectivity index (χ4v) is 7.75. The first kappa shape index (κ1) is 30.0. The van der Waals surface area contributed by atoms with Gasteiger partial charge in [-0.2, -0.15) is 0 Å². The van der Waals surface area contributed by atoms with E-state index in [9.17, 15) is 5.11 Å². The van der Waals surface area contributed by atoms with E-state index in [0.717, 1.165) is 24.8 Å². The van der Waals surface area contributed by atoms with Crippen molar-refractivity contribution in [3.05, 3.63) is 24.3 Å². The normalized spacial score (nSPS) is 29.8. The maximum atomic E-state index is 10.8. The summed E-state index contributed by atoms with van der Waals surface area (Å²) in [5.74, 6) is 1.03. The quantitative estimate of drug-likeness (QED) is 0.183. The molecule has 6 atom stereocenters. The lowest BCUT2D eigenvalue weighted by Crippen LogP contribution is -2.45. The van der Waals surface area contributed by atoms with Gasteiger partial charge in [-0.3, -0.25) is 0 Å². The number of unbranched alkanes of at least 4 members (excludes halogenated alkanes) is 2. The van der Waals surface area contributed by atoms with E-state index in [0.29, 0.717) is 11.8 Å². The summed E-state index contributed by atoms with van der Waals surface area (Å²) in [5, 5.41) is 11.2. The van der Waals surface area contributed by atoms with Crippen LogP contribution in [0.2, 0.25) is 36.3 Å². The molecule has 2 rings (SSSR count). The van der Waals surface area contributed by atoms with E-state index in [1.54, 1.807) is 0 Å². The average Bonchev–Trinajstić information content (AvgIpc) is 3.13. The smallest absolute Gasteiger partial charge is 0.192 e. The molecule has 2 aliphatic carbocycles. The number of aliphatic hydroxyl groups excluding tert-OH is 1. The number of hydrogen-bond acceptors (Lipinski definition) is 3. The molecule has 1 N–H and O–H groups in total. The van der Waals surface area contributed by atoms with Crippen LogP contribution in [-0.4, -0.2) is 40.1 Å². The Hall–Kier alpha value is -0.206. The van der Waals surface area contributed by atoms with Gasteiger partial charge in [-0.25, -0.2) is 0 Å². The summed E-state index contributed by atoms with van der Waals surface area (Å²) in [5.41, 5.74) is 1.01. The summed E-state index contributed by atoms with van der Waals surface area (Å²) >= 11 is 0. The number of fused-ring (bicyclic) bond motifs is 1. The standard InChI is InChI=1S/C29H56O3Si2/c1-13-14-15-16-22(31-33(9,10)28(3,4)5)17-18-23-24-19-21(2)27(30)25(24)20-26(23)32-34(11,12)29(6,7)8/h17-18,22-27,30H,2,13-16,19-20H2,1,3-12H3/t22-,23-,24+,25-,26+,27?/m0/s1. The summed E-state index contributed by atoms with van der Waals surface area (Å²) in [6.07, 6.45) is 11.4. The Bertz CT molecular complexity index is 714. The second-order valence-electron chi connectivity index (χ2n) is 14.2. The van der Waals surface area contributed by atoms with Crippen LogP contribution in [0.4, 0.5) is 0 Å². The summed E-state index contributed by atoms with van der Waals surface area (Å²) in [7, 11) is -3.77. The fourth-order valence-electron chi connectivity index (χ4n) is 5.08. The lowest BCUT2D eigenvalue weighted by molar-refractivity contribution is 0.128. The van der Waals surface area contributed by atoms with Gasteiger partial charge in [0.1, 0.15) is 0 Å². The molecule has 2 aliphatic rings. The van der Waals surface area contributed by atoms with E-state index >= 15 is 0 Å². The van der Waals surface area contributed by atoms with Crippen LogP contribution in [0.1, 0.15) is 87.0 Å². The molecule has 0 heterocycles. The first-order valence-corrected chi connectivity index (χ1v) is 19.6. The van der Waals surface area contributed by atoms with E-state index in [4.69, 9.17) is 8.85 Å². The van der Waals surface area contributed by atoms with Crippen molar-refractivity contribution in [3.8, 4) is 0 Å². The van der Waals surface area contributed by atoms with Crippen LogP contribution in [0, 0.1) is 17.8 Å². The highest BCUT2D eigenvalue weighted by Gasteiger charge is 2.52. The predicted molar refractivity (Wildman–Crippen MR) is 152 cm³/mol. The highest BCUT2D eigenvalue weighted by Crippen LogP contribution is 2.53. The van der Waals surface area contributed by atoms with Crippen LogP contribution < -0.4 is 0 Å². The lowest BCUT2D eigenvalue weighted by atomic mass is 9.90. The Kier molecular flexibility index (Phi) is 9.75. The third kappa shape index (κ3) is 6.96. The minimum absolute atomic E-state index is 0.162. The van der Waals surface area contributed by atoms with Crippen molar-refractivity contribution in [2.45, 2.75) is 142 Å². The third-order valence-electron chi connectivity index (χ3n) is 9.44. The van der Waals surface area contributed by atoms with Crippen LogP contribution in [0.25, 0.3) is 0 Å². The Morgan fingerprint density at radius 3 is 2.12 bits per heavy atom. The molecule has 0 amide bonds. The molecule has 34 heavy (non-hydrogen) atoms. The molecular formula is C29H56O3Si2. The topological polar surface area (TPSA) is 38.7 Å². The van der Waals surface area contributed by atoms with Gasteiger partial charge in [0, 0.05) is 5.92 Å². The fraction of sp³-hybridized carbons (Fsp3) is 0.862. The molecule has 0 radical (unpaired) electrons. The van der Waals surface area contributed by atoms with Gasteiger partial charge >= 0.3 is 0 Å². The van der Waals surface area contributed by atoms with Crippen molar-refractivity contribution in [1.29, 1.82) is 0 Å². The zero-order valence-electron chi connectivity index (χ0n) is 24.3. The zero-order valence-corrected chi connectivity index (χ0v) is 26.3. The van der Waals surface area contributed by atoms with Crippen LogP contribution >= 0.6 is 0 Å². The van der Waals surface area contributed by atoms with E-state index in [1.165, 1.54) is 19.3 Å². The molecule has 198 valence electrons. The second kappa shape index (κ2) is 11.0. The molecule has 0 bridgehead atoms. The van der Waals surface area contributed by atoms with Crippen molar-refractivity contribution in [1.82, 2.24) is 0 Å². The molecule has 0 spiro atoms. The second-order valence-corrected chi connectivity index (χ2v) is 23.7. The molecule has 1 unspecified atom stereocenters. The summed E-state index contributed by atoms with van der Waals surface area (Å²) < 4.78 is 13.9. The molecule has 2 saturated carbocycles. The summed E-state index contributed by atoms with van der Waals surface area (Å²) in [4.78, 5) is 0. The van der Waals surface area contributed by atoms with E-state index in [-0.39, 0.29) is 34.3 Å². The highest BCUT2D eigenvalue weighted by atomic mass is 28.4. The van der Waals surface area contributed by atoms with Crippen LogP contribution in [0.15, 0.2) is 24.3 Å². The molecule has 0 aromatic heterocycles. The SMILES string of the molecule is C=C1C[C@@H]2[C@H](C=C[C@H](CCCCC)O[Si](C)(C)C(C)(C)C)[C@H](O[Si](C)(C)C(C)(C)C)C[C@@H]2C1O. The number of hydrogen-bond donors (Lipinski definition) is 1. The van der Waals surface area contributed by atoms with Gasteiger partial charge in [0.05, 0.1) is 18.3 Å². The first-order chi connectivity index (χ1) is 15.4. The van der Waals surface area contributed by atoms with Crippen molar-refractivity contribution in [2.75, 3.05) is 0 Å². The minimum Gasteiger partial charge on any atom is -0.413 e. The van der Waals surface area contributed by atoms with Gasteiger partial charge in [-0.1, -0.05) is 86.5 Å². The maximum Gasteiger partial charge on any atom is 0.192 e. The van der Waals surface area contributed by atoms with Crippen LogP contribution in [0.3, 0.4) is 0 Å². The van der Waals surface area contributed by atoms with Gasteiger partial charge in [0.25, 0.3) is 0 Å². The van der Waals surface area contributed by atoms with Crippen molar-refractivity contribution in [2.24, 2.45) is 17.8 Å². The molecule has 0 aliphatic heterocycles. The monoisotopic (exact) mass is 508 g/mol. The molecule has 3 nitrogen and oxygen atoms in total. The van der Waals surface area contributed by atoms with Gasteiger partial charge in [0.15, 0.2) is 16.6 Å². The van der Waals surface area contributed by atoms with Crippen molar-refractivity contribution < 1.29 is 14.0 Å². The van der Waals surface area contributed by atoms with Crippen LogP contribution in [-0.2, 0) is 8.85 Å². The van der Waals surface area contributed by atoms with Gasteiger partial charge in [-0.05, 0) is 72.9 Å². The van der Waals surface area contributed by atoms with Gasteiger partial charge in [0.2, 0.25) is 0 Å². The Balaban J connectivity index is 2.30. The maximum absolute atomic E-state index is 10.8. The minimum atomic E-state index is -1.91. The number of rotatable bonds is 10. The van der Waals surface area contributed by atoms with Crippen LogP contribution in [0.5, 0.6) is 0 Å².